The van der Waals surface area contributed by atoms with Crippen LogP contribution in [0.25, 0.3) is 0 Å². The van der Waals surface area contributed by atoms with E-state index >= 15 is 0 Å². The Balaban J connectivity index is 3.05. The van der Waals surface area contributed by atoms with E-state index in [9.17, 15) is 15.2 Å². The number of nitro groups is 1. The molecule has 0 fully saturated rings. The summed E-state index contributed by atoms with van der Waals surface area (Å²) >= 11 is 1.23. The molecule has 0 amide bonds. The second-order valence-electron chi connectivity index (χ2n) is 4.24. The highest BCUT2D eigenvalue weighted by Gasteiger charge is 2.25. The van der Waals surface area contributed by atoms with Crippen LogP contribution in [0.3, 0.4) is 0 Å². The number of rotatable bonds is 9. The monoisotopic (exact) mass is 304 g/mol. The zero-order valence-electron chi connectivity index (χ0n) is 11.9. The standard InChI is InChI=1S/C12H20N2O5S/c1-9(15)11-8-10(14(16)17)12(20-11)13(4-6-18-2)5-7-19-3/h8-9,15H,4-7H2,1-3H3. The average Bonchev–Trinajstić information content (AvgIpc) is 2.84. The first kappa shape index (κ1) is 16.8. The van der Waals surface area contributed by atoms with Crippen LogP contribution >= 0.6 is 11.3 Å². The van der Waals surface area contributed by atoms with Crippen molar-refractivity contribution in [3.05, 3.63) is 21.1 Å². The third kappa shape index (κ3) is 4.41. The van der Waals surface area contributed by atoms with Crippen LogP contribution in [0.5, 0.6) is 0 Å². The molecular formula is C12H20N2O5S. The smallest absolute Gasteiger partial charge is 0.304 e. The summed E-state index contributed by atoms with van der Waals surface area (Å²) in [4.78, 5) is 13.1. The van der Waals surface area contributed by atoms with Gasteiger partial charge in [0.2, 0.25) is 0 Å². The highest BCUT2D eigenvalue weighted by molar-refractivity contribution is 7.16. The van der Waals surface area contributed by atoms with Gasteiger partial charge in [-0.2, -0.15) is 0 Å². The molecule has 1 heterocycles. The molecule has 0 spiro atoms. The summed E-state index contributed by atoms with van der Waals surface area (Å²) in [6, 6.07) is 1.43. The molecule has 0 aromatic carbocycles. The van der Waals surface area contributed by atoms with Gasteiger partial charge in [0.25, 0.3) is 0 Å². The molecule has 0 aliphatic carbocycles. The van der Waals surface area contributed by atoms with Gasteiger partial charge < -0.3 is 19.5 Å². The lowest BCUT2D eigenvalue weighted by molar-refractivity contribution is -0.383. The van der Waals surface area contributed by atoms with Crippen molar-refractivity contribution in [1.29, 1.82) is 0 Å². The number of methoxy groups -OCH3 is 2. The number of anilines is 1. The van der Waals surface area contributed by atoms with Gasteiger partial charge in [-0.1, -0.05) is 0 Å². The van der Waals surface area contributed by atoms with Crippen LogP contribution in [0, 0.1) is 10.1 Å². The van der Waals surface area contributed by atoms with Gasteiger partial charge in [-0.05, 0) is 6.92 Å². The summed E-state index contributed by atoms with van der Waals surface area (Å²) in [6.07, 6.45) is -0.723. The van der Waals surface area contributed by atoms with E-state index in [1.807, 2.05) is 4.90 Å². The number of hydrogen-bond donors (Lipinski definition) is 1. The largest absolute Gasteiger partial charge is 0.388 e. The predicted octanol–water partition coefficient (Wildman–Crippen LogP) is 1.81. The molecule has 0 aliphatic rings. The second kappa shape index (κ2) is 8.15. The average molecular weight is 304 g/mol. The van der Waals surface area contributed by atoms with Gasteiger partial charge in [-0.15, -0.1) is 11.3 Å². The Morgan fingerprint density at radius 2 is 1.95 bits per heavy atom. The van der Waals surface area contributed by atoms with Gasteiger partial charge in [0.05, 0.1) is 24.2 Å². The normalized spacial score (nSPS) is 12.4. The number of ether oxygens (including phenoxy) is 2. The van der Waals surface area contributed by atoms with Crippen molar-refractivity contribution in [2.24, 2.45) is 0 Å². The van der Waals surface area contributed by atoms with E-state index in [0.29, 0.717) is 36.2 Å². The Labute approximate surface area is 121 Å². The van der Waals surface area contributed by atoms with E-state index in [4.69, 9.17) is 9.47 Å². The molecule has 114 valence electrons. The highest BCUT2D eigenvalue weighted by Crippen LogP contribution is 2.39. The quantitative estimate of drug-likeness (QED) is 0.553. The third-order valence-electron chi connectivity index (χ3n) is 2.74. The fraction of sp³-hybridized carbons (Fsp3) is 0.667. The zero-order chi connectivity index (χ0) is 15.1. The fourth-order valence-corrected chi connectivity index (χ4v) is 2.79. The summed E-state index contributed by atoms with van der Waals surface area (Å²) < 4.78 is 10.1. The van der Waals surface area contributed by atoms with Crippen LogP contribution in [-0.4, -0.2) is 50.6 Å². The van der Waals surface area contributed by atoms with Crippen LogP contribution in [-0.2, 0) is 9.47 Å². The molecule has 0 aliphatic heterocycles. The van der Waals surface area contributed by atoms with E-state index < -0.39 is 11.0 Å². The van der Waals surface area contributed by atoms with Gasteiger partial charge in [0.1, 0.15) is 0 Å². The minimum absolute atomic E-state index is 0.0121. The molecule has 1 unspecified atom stereocenters. The highest BCUT2D eigenvalue weighted by atomic mass is 32.1. The van der Waals surface area contributed by atoms with E-state index in [1.165, 1.54) is 17.4 Å². The molecule has 1 rings (SSSR count). The van der Waals surface area contributed by atoms with E-state index in [1.54, 1.807) is 21.1 Å². The number of aliphatic hydroxyl groups excluding tert-OH is 1. The lowest BCUT2D eigenvalue weighted by Gasteiger charge is -2.21. The summed E-state index contributed by atoms with van der Waals surface area (Å²) in [5.41, 5.74) is 0.0121. The van der Waals surface area contributed by atoms with Gasteiger partial charge in [0.15, 0.2) is 5.00 Å². The SMILES string of the molecule is COCCN(CCOC)c1sc(C(C)O)cc1[N+](=O)[O-]. The van der Waals surface area contributed by atoms with Crippen molar-refractivity contribution >= 4 is 22.0 Å². The third-order valence-corrected chi connectivity index (χ3v) is 4.09. The van der Waals surface area contributed by atoms with Gasteiger partial charge in [-0.3, -0.25) is 10.1 Å². The minimum Gasteiger partial charge on any atom is -0.388 e. The lowest BCUT2D eigenvalue weighted by Crippen LogP contribution is -2.30. The second-order valence-corrected chi connectivity index (χ2v) is 5.31. The molecule has 0 saturated carbocycles. The number of aliphatic hydroxyl groups is 1. The first-order chi connectivity index (χ1) is 9.51. The Kier molecular flexibility index (Phi) is 6.86. The van der Waals surface area contributed by atoms with Crippen molar-refractivity contribution in [3.8, 4) is 0 Å². The Hall–Kier alpha value is -1.22. The van der Waals surface area contributed by atoms with Crippen molar-refractivity contribution < 1.29 is 19.5 Å². The predicted molar refractivity (Wildman–Crippen MR) is 77.6 cm³/mol. The van der Waals surface area contributed by atoms with E-state index in [0.717, 1.165) is 0 Å². The Morgan fingerprint density at radius 1 is 1.40 bits per heavy atom. The molecule has 8 heteroatoms. The summed E-state index contributed by atoms with van der Waals surface area (Å²) in [5, 5.41) is 21.3. The first-order valence-electron chi connectivity index (χ1n) is 6.20. The maximum absolute atomic E-state index is 11.2. The van der Waals surface area contributed by atoms with E-state index in [2.05, 4.69) is 0 Å². The van der Waals surface area contributed by atoms with Crippen LogP contribution in [0.4, 0.5) is 10.7 Å². The molecule has 7 nitrogen and oxygen atoms in total. The molecule has 1 aromatic heterocycles. The fourth-order valence-electron chi connectivity index (χ4n) is 1.67. The molecule has 20 heavy (non-hydrogen) atoms. The van der Waals surface area contributed by atoms with Crippen LogP contribution in [0.15, 0.2) is 6.07 Å². The van der Waals surface area contributed by atoms with Crippen LogP contribution in [0.2, 0.25) is 0 Å². The Morgan fingerprint density at radius 3 is 2.35 bits per heavy atom. The summed E-state index contributed by atoms with van der Waals surface area (Å²) in [5.74, 6) is 0. The number of nitrogens with zero attached hydrogens (tertiary/aromatic N) is 2. The molecular weight excluding hydrogens is 284 g/mol. The topological polar surface area (TPSA) is 85.1 Å². The first-order valence-corrected chi connectivity index (χ1v) is 7.01. The molecule has 0 saturated heterocycles. The summed E-state index contributed by atoms with van der Waals surface area (Å²) in [6.45, 7) is 3.57. The lowest BCUT2D eigenvalue weighted by atomic mass is 10.3. The van der Waals surface area contributed by atoms with Crippen molar-refractivity contribution in [1.82, 2.24) is 0 Å². The number of thiophene rings is 1. The summed E-state index contributed by atoms with van der Waals surface area (Å²) in [7, 11) is 3.16. The molecule has 0 radical (unpaired) electrons. The maximum Gasteiger partial charge on any atom is 0.304 e. The van der Waals surface area contributed by atoms with Crippen LogP contribution < -0.4 is 4.90 Å². The van der Waals surface area contributed by atoms with Crippen molar-refractivity contribution in [2.75, 3.05) is 45.4 Å². The molecule has 0 bridgehead atoms. The van der Waals surface area contributed by atoms with Gasteiger partial charge >= 0.3 is 5.69 Å². The van der Waals surface area contributed by atoms with Crippen LogP contribution in [0.1, 0.15) is 17.9 Å². The number of hydrogen-bond acceptors (Lipinski definition) is 7. The Bertz CT molecular complexity index is 427. The van der Waals surface area contributed by atoms with Crippen molar-refractivity contribution in [3.63, 3.8) is 0 Å². The minimum atomic E-state index is -0.723. The molecule has 1 N–H and O–H groups in total. The van der Waals surface area contributed by atoms with Gasteiger partial charge in [-0.25, -0.2) is 0 Å². The molecule has 1 aromatic rings. The maximum atomic E-state index is 11.2. The molecule has 1 atom stereocenters. The van der Waals surface area contributed by atoms with Gasteiger partial charge in [0, 0.05) is 38.3 Å². The zero-order valence-corrected chi connectivity index (χ0v) is 12.7. The van der Waals surface area contributed by atoms with Crippen molar-refractivity contribution in [2.45, 2.75) is 13.0 Å². The van der Waals surface area contributed by atoms with E-state index in [-0.39, 0.29) is 5.69 Å².